The summed E-state index contributed by atoms with van der Waals surface area (Å²) in [5.74, 6) is 6.09. The zero-order valence-corrected chi connectivity index (χ0v) is 9.20. The van der Waals surface area contributed by atoms with Crippen molar-refractivity contribution in [1.29, 1.82) is 0 Å². The van der Waals surface area contributed by atoms with Crippen molar-refractivity contribution in [1.82, 2.24) is 0 Å². The summed E-state index contributed by atoms with van der Waals surface area (Å²) >= 11 is 5.46. The summed E-state index contributed by atoms with van der Waals surface area (Å²) in [6.45, 7) is -0.374. The van der Waals surface area contributed by atoms with Gasteiger partial charge in [-0.2, -0.15) is 0 Å². The van der Waals surface area contributed by atoms with E-state index in [1.807, 2.05) is 0 Å². The molecule has 0 heterocycles. The van der Waals surface area contributed by atoms with Crippen molar-refractivity contribution < 1.29 is 10.0 Å². The second-order valence-corrected chi connectivity index (χ2v) is 3.38. The lowest BCUT2D eigenvalue weighted by Crippen LogP contribution is -1.95. The first kappa shape index (κ1) is 12.5. The molecule has 0 bridgehead atoms. The quantitative estimate of drug-likeness (QED) is 0.380. The van der Waals surface area contributed by atoms with Crippen LogP contribution in [0.25, 0.3) is 0 Å². The number of hydrogen-bond acceptors (Lipinski definition) is 3. The normalized spacial score (nSPS) is 9.38. The molecule has 0 saturated carbocycles. The number of nitro groups is 1. The Morgan fingerprint density at radius 3 is 2.81 bits per heavy atom. The third kappa shape index (κ3) is 3.23. The highest BCUT2D eigenvalue weighted by atomic mass is 35.5. The molecule has 5 heteroatoms. The predicted molar refractivity (Wildman–Crippen MR) is 61.2 cm³/mol. The molecule has 0 aliphatic heterocycles. The minimum absolute atomic E-state index is 0.0922. The van der Waals surface area contributed by atoms with Crippen molar-refractivity contribution in [3.05, 3.63) is 39.4 Å². The number of hydrogen-bond donors (Lipinski definition) is 1. The number of alkyl halides is 1. The van der Waals surface area contributed by atoms with Crippen molar-refractivity contribution >= 4 is 17.3 Å². The van der Waals surface area contributed by atoms with Gasteiger partial charge in [0.25, 0.3) is 5.69 Å². The van der Waals surface area contributed by atoms with Gasteiger partial charge in [0.1, 0.15) is 0 Å². The zero-order chi connectivity index (χ0) is 12.0. The maximum Gasteiger partial charge on any atom is 0.274 e. The molecule has 0 fully saturated rings. The number of aliphatic hydroxyl groups is 1. The molecule has 4 nitrogen and oxygen atoms in total. The van der Waals surface area contributed by atoms with Crippen LogP contribution in [0.2, 0.25) is 0 Å². The van der Waals surface area contributed by atoms with Crippen molar-refractivity contribution in [2.45, 2.75) is 13.0 Å². The van der Waals surface area contributed by atoms with Crippen molar-refractivity contribution in [3.8, 4) is 11.8 Å². The van der Waals surface area contributed by atoms with E-state index >= 15 is 0 Å². The molecule has 0 saturated heterocycles. The second-order valence-electron chi connectivity index (χ2n) is 3.00. The van der Waals surface area contributed by atoms with Crippen LogP contribution >= 0.6 is 11.6 Å². The average Bonchev–Trinajstić information content (AvgIpc) is 2.29. The summed E-state index contributed by atoms with van der Waals surface area (Å²) in [6, 6.07) is 4.41. The standard InChI is InChI=1S/C11H10ClNO3/c12-6-2-1-3-9-4-5-11(13(15)16)10(7-9)8-14/h4-5,7,14H,2,6,8H2. The van der Waals surface area contributed by atoms with Gasteiger partial charge >= 0.3 is 0 Å². The number of nitrogens with zero attached hydrogens (tertiary/aromatic N) is 1. The first-order chi connectivity index (χ1) is 7.69. The molecule has 0 aliphatic rings. The van der Waals surface area contributed by atoms with Gasteiger partial charge < -0.3 is 5.11 Å². The van der Waals surface area contributed by atoms with Crippen LogP contribution in [-0.4, -0.2) is 15.9 Å². The van der Waals surface area contributed by atoms with E-state index in [9.17, 15) is 10.1 Å². The van der Waals surface area contributed by atoms with Crippen molar-refractivity contribution in [2.24, 2.45) is 0 Å². The average molecular weight is 240 g/mol. The van der Waals surface area contributed by atoms with Gasteiger partial charge in [0.2, 0.25) is 0 Å². The smallest absolute Gasteiger partial charge is 0.274 e. The van der Waals surface area contributed by atoms with Crippen LogP contribution in [0.1, 0.15) is 17.5 Å². The maximum absolute atomic E-state index is 10.6. The number of aliphatic hydroxyl groups excluding tert-OH is 1. The van der Waals surface area contributed by atoms with Crippen molar-refractivity contribution in [3.63, 3.8) is 0 Å². The van der Waals surface area contributed by atoms with Gasteiger partial charge in [-0.25, -0.2) is 0 Å². The molecule has 0 radical (unpaired) electrons. The summed E-state index contributed by atoms with van der Waals surface area (Å²) in [4.78, 5) is 10.1. The van der Waals surface area contributed by atoms with Gasteiger partial charge in [-0.05, 0) is 12.1 Å². The van der Waals surface area contributed by atoms with Crippen LogP contribution in [-0.2, 0) is 6.61 Å². The monoisotopic (exact) mass is 239 g/mol. The number of rotatable bonds is 3. The summed E-state index contributed by atoms with van der Waals surface area (Å²) in [5.41, 5.74) is 0.813. The van der Waals surface area contributed by atoms with E-state index in [1.54, 1.807) is 6.07 Å². The van der Waals surface area contributed by atoms with Gasteiger partial charge in [-0.15, -0.1) is 11.6 Å². The molecule has 0 aromatic heterocycles. The highest BCUT2D eigenvalue weighted by Gasteiger charge is 2.12. The Balaban J connectivity index is 3.01. The Kier molecular flexibility index (Phi) is 4.77. The van der Waals surface area contributed by atoms with Crippen LogP contribution in [0.5, 0.6) is 0 Å². The van der Waals surface area contributed by atoms with Crippen LogP contribution in [0.15, 0.2) is 18.2 Å². The molecular formula is C11H10ClNO3. The van der Waals surface area contributed by atoms with Gasteiger partial charge in [0, 0.05) is 23.9 Å². The first-order valence-electron chi connectivity index (χ1n) is 4.62. The maximum atomic E-state index is 10.6. The van der Waals surface area contributed by atoms with E-state index in [-0.39, 0.29) is 17.9 Å². The molecule has 1 aromatic carbocycles. The minimum Gasteiger partial charge on any atom is -0.391 e. The fourth-order valence-corrected chi connectivity index (χ4v) is 1.27. The molecular weight excluding hydrogens is 230 g/mol. The molecule has 0 amide bonds. The van der Waals surface area contributed by atoms with E-state index < -0.39 is 4.92 Å². The van der Waals surface area contributed by atoms with E-state index in [0.29, 0.717) is 17.9 Å². The molecule has 84 valence electrons. The highest BCUT2D eigenvalue weighted by Crippen LogP contribution is 2.19. The lowest BCUT2D eigenvalue weighted by Gasteiger charge is -1.99. The fraction of sp³-hybridized carbons (Fsp3) is 0.273. The Morgan fingerprint density at radius 2 is 2.25 bits per heavy atom. The Morgan fingerprint density at radius 1 is 1.50 bits per heavy atom. The minimum atomic E-state index is -0.526. The van der Waals surface area contributed by atoms with E-state index in [0.717, 1.165) is 0 Å². The molecule has 0 spiro atoms. The summed E-state index contributed by atoms with van der Waals surface area (Å²) in [6.07, 6.45) is 0.563. The van der Waals surface area contributed by atoms with Gasteiger partial charge in [0.15, 0.2) is 0 Å². The Bertz CT molecular complexity index is 448. The molecule has 0 unspecified atom stereocenters. The number of benzene rings is 1. The highest BCUT2D eigenvalue weighted by molar-refractivity contribution is 6.18. The van der Waals surface area contributed by atoms with E-state index in [1.165, 1.54) is 12.1 Å². The van der Waals surface area contributed by atoms with Gasteiger partial charge in [-0.3, -0.25) is 10.1 Å². The number of halogens is 1. The molecule has 1 aromatic rings. The van der Waals surface area contributed by atoms with E-state index in [2.05, 4.69) is 11.8 Å². The number of nitro benzene ring substituents is 1. The Labute approximate surface area is 98.0 Å². The second kappa shape index (κ2) is 6.11. The first-order valence-corrected chi connectivity index (χ1v) is 5.15. The largest absolute Gasteiger partial charge is 0.391 e. The molecule has 1 rings (SSSR count). The third-order valence-corrected chi connectivity index (χ3v) is 2.09. The molecule has 0 atom stereocenters. The zero-order valence-electron chi connectivity index (χ0n) is 8.44. The Hall–Kier alpha value is -1.57. The lowest BCUT2D eigenvalue weighted by atomic mass is 10.1. The van der Waals surface area contributed by atoms with Crippen molar-refractivity contribution in [2.75, 3.05) is 5.88 Å². The van der Waals surface area contributed by atoms with E-state index in [4.69, 9.17) is 16.7 Å². The van der Waals surface area contributed by atoms with Gasteiger partial charge in [0.05, 0.1) is 17.1 Å². The van der Waals surface area contributed by atoms with Gasteiger partial charge in [-0.1, -0.05) is 11.8 Å². The summed E-state index contributed by atoms with van der Waals surface area (Å²) < 4.78 is 0. The predicted octanol–water partition coefficient (Wildman–Crippen LogP) is 2.07. The lowest BCUT2D eigenvalue weighted by molar-refractivity contribution is -0.385. The summed E-state index contributed by atoms with van der Waals surface area (Å²) in [7, 11) is 0. The third-order valence-electron chi connectivity index (χ3n) is 1.90. The summed E-state index contributed by atoms with van der Waals surface area (Å²) in [5, 5.41) is 19.6. The topological polar surface area (TPSA) is 63.4 Å². The molecule has 1 N–H and O–H groups in total. The SMILES string of the molecule is O=[N+]([O-])c1ccc(C#CCCCl)cc1CO. The molecule has 0 aliphatic carbocycles. The van der Waals surface area contributed by atoms with Crippen LogP contribution in [0.3, 0.4) is 0 Å². The van der Waals surface area contributed by atoms with Crippen LogP contribution < -0.4 is 0 Å². The fourth-order valence-electron chi connectivity index (χ4n) is 1.18. The van der Waals surface area contributed by atoms with Crippen LogP contribution in [0, 0.1) is 22.0 Å². The van der Waals surface area contributed by atoms with Crippen LogP contribution in [0.4, 0.5) is 5.69 Å². The molecule has 16 heavy (non-hydrogen) atoms.